The van der Waals surface area contributed by atoms with Crippen LogP contribution in [0.3, 0.4) is 0 Å². The molecule has 1 atom stereocenters. The Morgan fingerprint density at radius 3 is 2.70 bits per heavy atom. The third kappa shape index (κ3) is 3.73. The Bertz CT molecular complexity index is 802. The maximum absolute atomic E-state index is 12.3. The van der Waals surface area contributed by atoms with E-state index in [2.05, 4.69) is 10.3 Å². The minimum absolute atomic E-state index is 0.0286. The summed E-state index contributed by atoms with van der Waals surface area (Å²) in [6.07, 6.45) is 3.92. The fraction of sp³-hybridized carbons (Fsp3) is 0.158. The molecule has 0 aliphatic heterocycles. The quantitative estimate of drug-likeness (QED) is 0.760. The molecule has 3 N–H and O–H groups in total. The number of anilines is 1. The molecular formula is C19H19N3O. The molecule has 0 aliphatic carbocycles. The maximum atomic E-state index is 12.3. The lowest BCUT2D eigenvalue weighted by atomic mass is 9.95. The molecular weight excluding hydrogens is 286 g/mol. The predicted molar refractivity (Wildman–Crippen MR) is 93.2 cm³/mol. The van der Waals surface area contributed by atoms with Gasteiger partial charge < -0.3 is 11.1 Å². The van der Waals surface area contributed by atoms with Gasteiger partial charge in [0.05, 0.1) is 0 Å². The SMILES string of the molecule is NCC(CC(=O)Nc1ccc2cnccc2c1)c1ccccc1. The van der Waals surface area contributed by atoms with Crippen LogP contribution in [0, 0.1) is 0 Å². The Kier molecular flexibility index (Phi) is 4.64. The van der Waals surface area contributed by atoms with E-state index < -0.39 is 0 Å². The monoisotopic (exact) mass is 305 g/mol. The number of rotatable bonds is 5. The zero-order valence-electron chi connectivity index (χ0n) is 12.8. The highest BCUT2D eigenvalue weighted by Crippen LogP contribution is 2.21. The lowest BCUT2D eigenvalue weighted by molar-refractivity contribution is -0.116. The van der Waals surface area contributed by atoms with Gasteiger partial charge >= 0.3 is 0 Å². The average molecular weight is 305 g/mol. The molecule has 1 unspecified atom stereocenters. The van der Waals surface area contributed by atoms with Gasteiger partial charge in [-0.15, -0.1) is 0 Å². The molecule has 0 radical (unpaired) electrons. The second-order valence-electron chi connectivity index (χ2n) is 5.53. The first-order chi connectivity index (χ1) is 11.3. The Morgan fingerprint density at radius 1 is 1.09 bits per heavy atom. The van der Waals surface area contributed by atoms with Gasteiger partial charge in [0.2, 0.25) is 5.91 Å². The molecule has 2 aromatic carbocycles. The number of aromatic nitrogens is 1. The van der Waals surface area contributed by atoms with Crippen molar-refractivity contribution in [3.8, 4) is 0 Å². The zero-order valence-corrected chi connectivity index (χ0v) is 12.8. The summed E-state index contributed by atoms with van der Waals surface area (Å²) in [7, 11) is 0. The van der Waals surface area contributed by atoms with Crippen molar-refractivity contribution in [2.24, 2.45) is 5.73 Å². The summed E-state index contributed by atoms with van der Waals surface area (Å²) in [5.41, 5.74) is 7.72. The second kappa shape index (κ2) is 7.03. The fourth-order valence-electron chi connectivity index (χ4n) is 2.66. The average Bonchev–Trinajstić information content (AvgIpc) is 2.60. The van der Waals surface area contributed by atoms with Crippen molar-refractivity contribution < 1.29 is 4.79 Å². The third-order valence-corrected chi connectivity index (χ3v) is 3.91. The van der Waals surface area contributed by atoms with Crippen molar-refractivity contribution in [3.05, 3.63) is 72.6 Å². The highest BCUT2D eigenvalue weighted by Gasteiger charge is 2.14. The fourth-order valence-corrected chi connectivity index (χ4v) is 2.66. The van der Waals surface area contributed by atoms with Crippen LogP contribution in [0.15, 0.2) is 67.0 Å². The number of hydrogen-bond acceptors (Lipinski definition) is 3. The van der Waals surface area contributed by atoms with Crippen molar-refractivity contribution in [2.45, 2.75) is 12.3 Å². The van der Waals surface area contributed by atoms with Gasteiger partial charge in [-0.3, -0.25) is 9.78 Å². The van der Waals surface area contributed by atoms with Gasteiger partial charge in [0.1, 0.15) is 0 Å². The van der Waals surface area contributed by atoms with E-state index in [0.717, 1.165) is 22.0 Å². The van der Waals surface area contributed by atoms with E-state index in [1.54, 1.807) is 12.4 Å². The molecule has 0 fully saturated rings. The van der Waals surface area contributed by atoms with E-state index in [9.17, 15) is 4.79 Å². The third-order valence-electron chi connectivity index (χ3n) is 3.91. The van der Waals surface area contributed by atoms with E-state index in [-0.39, 0.29) is 11.8 Å². The number of nitrogens with two attached hydrogens (primary N) is 1. The number of carbonyl (C=O) groups excluding carboxylic acids is 1. The van der Waals surface area contributed by atoms with E-state index in [1.165, 1.54) is 0 Å². The summed E-state index contributed by atoms with van der Waals surface area (Å²) in [5.74, 6) is -0.00133. The van der Waals surface area contributed by atoms with Crippen LogP contribution in [0.5, 0.6) is 0 Å². The topological polar surface area (TPSA) is 68.0 Å². The second-order valence-corrected chi connectivity index (χ2v) is 5.53. The number of nitrogens with zero attached hydrogens (tertiary/aromatic N) is 1. The Hall–Kier alpha value is -2.72. The Labute approximate surface area is 135 Å². The van der Waals surface area contributed by atoms with Gasteiger partial charge in [0.25, 0.3) is 0 Å². The smallest absolute Gasteiger partial charge is 0.225 e. The summed E-state index contributed by atoms with van der Waals surface area (Å²) in [6.45, 7) is 0.445. The summed E-state index contributed by atoms with van der Waals surface area (Å²) < 4.78 is 0. The first kappa shape index (κ1) is 15.2. The van der Waals surface area contributed by atoms with E-state index >= 15 is 0 Å². The predicted octanol–water partition coefficient (Wildman–Crippen LogP) is 3.31. The number of nitrogens with one attached hydrogen (secondary N) is 1. The Morgan fingerprint density at radius 2 is 1.91 bits per heavy atom. The maximum Gasteiger partial charge on any atom is 0.225 e. The van der Waals surface area contributed by atoms with Crippen molar-refractivity contribution in [2.75, 3.05) is 11.9 Å². The number of carbonyl (C=O) groups is 1. The zero-order chi connectivity index (χ0) is 16.1. The molecule has 0 spiro atoms. The van der Waals surface area contributed by atoms with Crippen molar-refractivity contribution in [1.29, 1.82) is 0 Å². The molecule has 3 rings (SSSR count). The van der Waals surface area contributed by atoms with Crippen LogP contribution in [0.1, 0.15) is 17.9 Å². The van der Waals surface area contributed by atoms with Gasteiger partial charge in [-0.25, -0.2) is 0 Å². The number of amides is 1. The molecule has 4 heteroatoms. The molecule has 1 aromatic heterocycles. The van der Waals surface area contributed by atoms with Crippen LogP contribution in [-0.2, 0) is 4.79 Å². The largest absolute Gasteiger partial charge is 0.330 e. The number of fused-ring (bicyclic) bond motifs is 1. The minimum Gasteiger partial charge on any atom is -0.330 e. The molecule has 0 saturated heterocycles. The van der Waals surface area contributed by atoms with Crippen LogP contribution in [0.2, 0.25) is 0 Å². The lowest BCUT2D eigenvalue weighted by Gasteiger charge is -2.15. The van der Waals surface area contributed by atoms with Crippen molar-refractivity contribution in [1.82, 2.24) is 4.98 Å². The minimum atomic E-state index is -0.0299. The van der Waals surface area contributed by atoms with E-state index in [4.69, 9.17) is 5.73 Å². The van der Waals surface area contributed by atoms with Crippen molar-refractivity contribution >= 4 is 22.4 Å². The van der Waals surface area contributed by atoms with Gasteiger partial charge in [-0.1, -0.05) is 36.4 Å². The van der Waals surface area contributed by atoms with Crippen LogP contribution < -0.4 is 11.1 Å². The van der Waals surface area contributed by atoms with Gasteiger partial charge in [-0.05, 0) is 35.7 Å². The number of pyridine rings is 1. The highest BCUT2D eigenvalue weighted by molar-refractivity contribution is 5.94. The van der Waals surface area contributed by atoms with Crippen LogP contribution >= 0.6 is 0 Å². The molecule has 1 amide bonds. The molecule has 3 aromatic rings. The highest BCUT2D eigenvalue weighted by atomic mass is 16.1. The molecule has 4 nitrogen and oxygen atoms in total. The number of benzene rings is 2. The summed E-state index contributed by atoms with van der Waals surface area (Å²) in [4.78, 5) is 16.4. The first-order valence-electron chi connectivity index (χ1n) is 7.65. The molecule has 0 saturated carbocycles. The summed E-state index contributed by atoms with van der Waals surface area (Å²) >= 11 is 0. The molecule has 0 bridgehead atoms. The first-order valence-corrected chi connectivity index (χ1v) is 7.65. The molecule has 116 valence electrons. The van der Waals surface area contributed by atoms with Gasteiger partial charge in [-0.2, -0.15) is 0 Å². The van der Waals surface area contributed by atoms with E-state index in [0.29, 0.717) is 13.0 Å². The van der Waals surface area contributed by atoms with E-state index in [1.807, 2.05) is 54.6 Å². The summed E-state index contributed by atoms with van der Waals surface area (Å²) in [5, 5.41) is 5.06. The van der Waals surface area contributed by atoms with Gasteiger partial charge in [0, 0.05) is 35.8 Å². The van der Waals surface area contributed by atoms with Crippen LogP contribution in [0.25, 0.3) is 10.8 Å². The molecule has 1 heterocycles. The Balaban J connectivity index is 1.70. The normalized spacial score (nSPS) is 12.0. The van der Waals surface area contributed by atoms with Gasteiger partial charge in [0.15, 0.2) is 0 Å². The number of hydrogen-bond donors (Lipinski definition) is 2. The van der Waals surface area contributed by atoms with Crippen molar-refractivity contribution in [3.63, 3.8) is 0 Å². The van der Waals surface area contributed by atoms with Crippen LogP contribution in [0.4, 0.5) is 5.69 Å². The molecule has 0 aliphatic rings. The molecule has 23 heavy (non-hydrogen) atoms. The lowest BCUT2D eigenvalue weighted by Crippen LogP contribution is -2.20. The summed E-state index contributed by atoms with van der Waals surface area (Å²) in [6, 6.07) is 17.6. The van der Waals surface area contributed by atoms with Crippen LogP contribution in [-0.4, -0.2) is 17.4 Å². The standard InChI is InChI=1S/C19H19N3O/c20-12-17(14-4-2-1-3-5-14)11-19(23)22-18-7-6-16-13-21-9-8-15(16)10-18/h1-10,13,17H,11-12,20H2,(H,22,23).